The van der Waals surface area contributed by atoms with E-state index in [1.807, 2.05) is 19.3 Å². The molecule has 4 heterocycles. The molecule has 0 spiro atoms. The molecule has 1 amide bonds. The summed E-state index contributed by atoms with van der Waals surface area (Å²) in [6.45, 7) is 1.69. The second-order valence-corrected chi connectivity index (χ2v) is 9.38. The van der Waals surface area contributed by atoms with Gasteiger partial charge in [0, 0.05) is 18.1 Å². The standard InChI is InChI=1S/C25H25F2N7O/c1-32-9-2-10-33-25(32)18(14-29-33)24(35)30-22-13-21(16-5-7-28-8-6-16)31-34(22)23-19(26)11-17(12-20(23)27)15-3-4-15/h2,9-16,28H,3-8H2,1H3/p+1. The van der Waals surface area contributed by atoms with Crippen molar-refractivity contribution >= 4 is 17.4 Å². The van der Waals surface area contributed by atoms with Crippen LogP contribution in [0.3, 0.4) is 0 Å². The summed E-state index contributed by atoms with van der Waals surface area (Å²) >= 11 is 0. The van der Waals surface area contributed by atoms with Crippen LogP contribution in [-0.2, 0) is 7.05 Å². The van der Waals surface area contributed by atoms with Gasteiger partial charge in [-0.15, -0.1) is 4.52 Å². The molecule has 0 atom stereocenters. The summed E-state index contributed by atoms with van der Waals surface area (Å²) in [5, 5.41) is 15.0. The molecule has 10 heteroatoms. The molecule has 8 nitrogen and oxygen atoms in total. The first-order chi connectivity index (χ1) is 17.0. The van der Waals surface area contributed by atoms with Crippen LogP contribution in [-0.4, -0.2) is 38.4 Å². The normalized spacial score (nSPS) is 16.7. The zero-order chi connectivity index (χ0) is 24.1. The summed E-state index contributed by atoms with van der Waals surface area (Å²) in [5.74, 6) is -1.24. The molecular formula is C25H26F2N7O+. The molecule has 0 unspecified atom stereocenters. The van der Waals surface area contributed by atoms with Crippen LogP contribution in [0.1, 0.15) is 59.1 Å². The van der Waals surface area contributed by atoms with Gasteiger partial charge in [-0.2, -0.15) is 5.10 Å². The molecule has 2 fully saturated rings. The fraction of sp³-hybridized carbons (Fsp3) is 0.360. The Morgan fingerprint density at radius 2 is 1.86 bits per heavy atom. The third-order valence-corrected chi connectivity index (χ3v) is 6.91. The first-order valence-electron chi connectivity index (χ1n) is 11.9. The van der Waals surface area contributed by atoms with Crippen molar-refractivity contribution in [2.75, 3.05) is 18.4 Å². The first-order valence-corrected chi connectivity index (χ1v) is 11.9. The Bertz CT molecular complexity index is 1410. The van der Waals surface area contributed by atoms with E-state index in [-0.39, 0.29) is 23.3 Å². The van der Waals surface area contributed by atoms with Crippen LogP contribution >= 0.6 is 0 Å². The van der Waals surface area contributed by atoms with Crippen LogP contribution in [0.2, 0.25) is 0 Å². The predicted molar refractivity (Wildman–Crippen MR) is 125 cm³/mol. The van der Waals surface area contributed by atoms with Crippen molar-refractivity contribution in [1.29, 1.82) is 0 Å². The van der Waals surface area contributed by atoms with Crippen LogP contribution in [0.15, 0.2) is 42.9 Å². The van der Waals surface area contributed by atoms with Gasteiger partial charge in [0.05, 0.1) is 25.1 Å². The van der Waals surface area contributed by atoms with Gasteiger partial charge in [0.25, 0.3) is 5.91 Å². The molecular weight excluding hydrogens is 452 g/mol. The van der Waals surface area contributed by atoms with Gasteiger partial charge in [-0.05, 0) is 62.4 Å². The van der Waals surface area contributed by atoms with Gasteiger partial charge in [0.2, 0.25) is 0 Å². The molecule has 1 aliphatic heterocycles. The summed E-state index contributed by atoms with van der Waals surface area (Å²) in [7, 11) is 1.82. The molecule has 2 N–H and O–H groups in total. The van der Waals surface area contributed by atoms with E-state index in [0.717, 1.165) is 38.8 Å². The van der Waals surface area contributed by atoms with Crippen molar-refractivity contribution in [3.63, 3.8) is 0 Å². The van der Waals surface area contributed by atoms with Crippen molar-refractivity contribution in [3.8, 4) is 5.69 Å². The van der Waals surface area contributed by atoms with Crippen molar-refractivity contribution in [2.45, 2.75) is 37.5 Å². The number of rotatable bonds is 5. The van der Waals surface area contributed by atoms with E-state index in [4.69, 9.17) is 0 Å². The number of aryl methyl sites for hydroxylation is 1. The number of amides is 1. The Balaban J connectivity index is 1.42. The SMILES string of the molecule is C[n+]1cccn2ncc(C(=O)Nc3cc(C4CCNCC4)nn3-c3c(F)cc(C4CC4)cc3F)c21. The number of nitrogens with one attached hydrogen (secondary N) is 2. The summed E-state index contributed by atoms with van der Waals surface area (Å²) in [4.78, 5) is 13.3. The third kappa shape index (κ3) is 3.97. The number of piperidine rings is 1. The van der Waals surface area contributed by atoms with Crippen molar-refractivity contribution in [1.82, 2.24) is 24.7 Å². The Hall–Kier alpha value is -3.66. The molecule has 1 aromatic carbocycles. The van der Waals surface area contributed by atoms with Gasteiger partial charge >= 0.3 is 5.65 Å². The van der Waals surface area contributed by atoms with Crippen LogP contribution in [0.25, 0.3) is 11.3 Å². The lowest BCUT2D eigenvalue weighted by Crippen LogP contribution is -2.32. The number of halogens is 2. The quantitative estimate of drug-likeness (QED) is 0.432. The minimum Gasteiger partial charge on any atom is -0.317 e. The molecule has 2 aliphatic rings. The topological polar surface area (TPSA) is 80.1 Å². The number of carbonyl (C=O) groups excluding carboxylic acids is 1. The summed E-state index contributed by atoms with van der Waals surface area (Å²) in [6.07, 6.45) is 8.65. The molecule has 0 bridgehead atoms. The second kappa shape index (κ2) is 8.53. The molecule has 3 aromatic heterocycles. The number of nitrogens with zero attached hydrogens (tertiary/aromatic N) is 5. The van der Waals surface area contributed by atoms with Gasteiger partial charge in [-0.3, -0.25) is 4.79 Å². The maximum Gasteiger partial charge on any atom is 0.321 e. The first kappa shape index (κ1) is 21.8. The lowest BCUT2D eigenvalue weighted by Gasteiger charge is -2.20. The largest absolute Gasteiger partial charge is 0.321 e. The minimum absolute atomic E-state index is 0.139. The maximum atomic E-state index is 15.2. The molecule has 180 valence electrons. The molecule has 4 aromatic rings. The Labute approximate surface area is 200 Å². The van der Waals surface area contributed by atoms with E-state index >= 15 is 8.78 Å². The van der Waals surface area contributed by atoms with E-state index in [0.29, 0.717) is 22.5 Å². The average molecular weight is 479 g/mol. The van der Waals surface area contributed by atoms with E-state index in [2.05, 4.69) is 20.8 Å². The number of carbonyl (C=O) groups is 1. The highest BCUT2D eigenvalue weighted by molar-refractivity contribution is 6.07. The number of benzene rings is 1. The van der Waals surface area contributed by atoms with Gasteiger partial charge in [-0.1, -0.05) is 5.10 Å². The van der Waals surface area contributed by atoms with Crippen LogP contribution in [0.5, 0.6) is 0 Å². The third-order valence-electron chi connectivity index (χ3n) is 6.91. The molecule has 35 heavy (non-hydrogen) atoms. The van der Waals surface area contributed by atoms with E-state index < -0.39 is 17.5 Å². The Morgan fingerprint density at radius 1 is 1.11 bits per heavy atom. The van der Waals surface area contributed by atoms with E-state index in [1.165, 1.54) is 23.0 Å². The fourth-order valence-corrected chi connectivity index (χ4v) is 4.90. The van der Waals surface area contributed by atoms with Crippen molar-refractivity contribution in [3.05, 3.63) is 71.3 Å². The highest BCUT2D eigenvalue weighted by Gasteiger charge is 2.29. The van der Waals surface area contributed by atoms with Crippen LogP contribution < -0.4 is 15.2 Å². The predicted octanol–water partition coefficient (Wildman–Crippen LogP) is 3.22. The van der Waals surface area contributed by atoms with Crippen LogP contribution in [0.4, 0.5) is 14.6 Å². The van der Waals surface area contributed by atoms with Gasteiger partial charge in [0.15, 0.2) is 17.2 Å². The van der Waals surface area contributed by atoms with E-state index in [9.17, 15) is 4.79 Å². The molecule has 0 radical (unpaired) electrons. The number of fused-ring (bicyclic) bond motifs is 1. The minimum atomic E-state index is -0.690. The van der Waals surface area contributed by atoms with Crippen molar-refractivity contribution < 1.29 is 18.1 Å². The number of aromatic nitrogens is 5. The summed E-state index contributed by atoms with van der Waals surface area (Å²) in [5.41, 5.74) is 2.03. The number of hydrogen-bond acceptors (Lipinski definition) is 4. The number of hydrogen-bond donors (Lipinski definition) is 2. The van der Waals surface area contributed by atoms with Gasteiger partial charge in [-0.25, -0.2) is 18.0 Å². The molecule has 1 aliphatic carbocycles. The maximum absolute atomic E-state index is 15.2. The molecule has 1 saturated heterocycles. The zero-order valence-corrected chi connectivity index (χ0v) is 19.3. The zero-order valence-electron chi connectivity index (χ0n) is 19.3. The Kier molecular flexibility index (Phi) is 5.32. The van der Waals surface area contributed by atoms with E-state index in [1.54, 1.807) is 21.3 Å². The highest BCUT2D eigenvalue weighted by Crippen LogP contribution is 2.41. The highest BCUT2D eigenvalue weighted by atomic mass is 19.1. The summed E-state index contributed by atoms with van der Waals surface area (Å²) in [6, 6.07) is 6.32. The second-order valence-electron chi connectivity index (χ2n) is 9.38. The van der Waals surface area contributed by atoms with Crippen LogP contribution in [0, 0.1) is 11.6 Å². The van der Waals surface area contributed by atoms with Gasteiger partial charge in [0.1, 0.15) is 17.7 Å². The van der Waals surface area contributed by atoms with Crippen molar-refractivity contribution in [2.24, 2.45) is 7.05 Å². The molecule has 6 rings (SSSR count). The lowest BCUT2D eigenvalue weighted by atomic mass is 9.95. The smallest absolute Gasteiger partial charge is 0.317 e. The summed E-state index contributed by atoms with van der Waals surface area (Å²) < 4.78 is 35.1. The lowest BCUT2D eigenvalue weighted by molar-refractivity contribution is -0.648. The molecule has 1 saturated carbocycles. The number of anilines is 1. The Morgan fingerprint density at radius 3 is 2.57 bits per heavy atom. The fourth-order valence-electron chi connectivity index (χ4n) is 4.90. The monoisotopic (exact) mass is 478 g/mol. The van der Waals surface area contributed by atoms with Gasteiger partial charge < -0.3 is 10.6 Å². The average Bonchev–Trinajstić information content (AvgIpc) is 3.48.